The summed E-state index contributed by atoms with van der Waals surface area (Å²) in [5.41, 5.74) is 17.0. The average Bonchev–Trinajstić information content (AvgIpc) is 2.38. The average molecular weight is 287 g/mol. The van der Waals surface area contributed by atoms with E-state index in [0.717, 1.165) is 58.0 Å². The van der Waals surface area contributed by atoms with Crippen LogP contribution in [0.4, 0.5) is 0 Å². The lowest BCUT2D eigenvalue weighted by molar-refractivity contribution is 0.176. The Balaban J connectivity index is 0.000000796. The molecule has 1 aliphatic heterocycles. The molecule has 1 aliphatic rings. The van der Waals surface area contributed by atoms with Crippen molar-refractivity contribution < 1.29 is 0 Å². The van der Waals surface area contributed by atoms with Crippen LogP contribution in [0.5, 0.6) is 0 Å². The van der Waals surface area contributed by atoms with Crippen LogP contribution in [0.25, 0.3) is 0 Å². The highest BCUT2D eigenvalue weighted by molar-refractivity contribution is 4.75. The molecule has 1 saturated heterocycles. The van der Waals surface area contributed by atoms with E-state index in [4.69, 9.17) is 17.2 Å². The van der Waals surface area contributed by atoms with Crippen LogP contribution in [0.2, 0.25) is 0 Å². The summed E-state index contributed by atoms with van der Waals surface area (Å²) in [6.07, 6.45) is 2.27. The molecule has 1 fully saturated rings. The molecule has 1 rings (SSSR count). The van der Waals surface area contributed by atoms with Crippen LogP contribution in [-0.4, -0.2) is 68.2 Å². The van der Waals surface area contributed by atoms with Gasteiger partial charge in [0, 0.05) is 45.3 Å². The third-order valence-corrected chi connectivity index (χ3v) is 3.26. The maximum Gasteiger partial charge on any atom is 0.0110 e. The third kappa shape index (κ3) is 11.6. The molecule has 122 valence electrons. The van der Waals surface area contributed by atoms with Crippen LogP contribution in [0.15, 0.2) is 0 Å². The number of nitrogens with two attached hydrogens (primary N) is 3. The standard InChI is InChI=1S/C11H27N5.C4H10/c12-3-7-16(8-4-13)10-9-15-5-1-11(14)2-6-15;1-4(2)3/h11H,1-10,12-14H2;4H,1-3H3. The molecule has 0 aliphatic carbocycles. The molecular formula is C15H37N5. The Kier molecular flexibility index (Phi) is 12.4. The van der Waals surface area contributed by atoms with Crippen molar-refractivity contribution >= 4 is 0 Å². The smallest absolute Gasteiger partial charge is 0.0110 e. The summed E-state index contributed by atoms with van der Waals surface area (Å²) in [7, 11) is 0. The van der Waals surface area contributed by atoms with Crippen LogP contribution < -0.4 is 17.2 Å². The number of rotatable bonds is 7. The Labute approximate surface area is 125 Å². The van der Waals surface area contributed by atoms with E-state index in [0.29, 0.717) is 19.1 Å². The van der Waals surface area contributed by atoms with Crippen molar-refractivity contribution in [1.29, 1.82) is 0 Å². The monoisotopic (exact) mass is 287 g/mol. The van der Waals surface area contributed by atoms with E-state index in [-0.39, 0.29) is 0 Å². The minimum Gasteiger partial charge on any atom is -0.329 e. The first-order valence-electron chi connectivity index (χ1n) is 8.10. The van der Waals surface area contributed by atoms with Crippen molar-refractivity contribution in [3.05, 3.63) is 0 Å². The normalized spacial score (nSPS) is 17.4. The highest BCUT2D eigenvalue weighted by Crippen LogP contribution is 2.07. The molecular weight excluding hydrogens is 250 g/mol. The van der Waals surface area contributed by atoms with Gasteiger partial charge in [-0.3, -0.25) is 4.90 Å². The van der Waals surface area contributed by atoms with Crippen molar-refractivity contribution in [3.63, 3.8) is 0 Å². The largest absolute Gasteiger partial charge is 0.329 e. The van der Waals surface area contributed by atoms with E-state index in [2.05, 4.69) is 30.6 Å². The fraction of sp³-hybridized carbons (Fsp3) is 1.00. The first-order valence-corrected chi connectivity index (χ1v) is 8.10. The van der Waals surface area contributed by atoms with Gasteiger partial charge in [-0.1, -0.05) is 20.8 Å². The predicted molar refractivity (Wildman–Crippen MR) is 88.7 cm³/mol. The molecule has 0 spiro atoms. The quantitative estimate of drug-likeness (QED) is 0.627. The van der Waals surface area contributed by atoms with Crippen LogP contribution in [0, 0.1) is 5.92 Å². The molecule has 0 radical (unpaired) electrons. The number of piperidine rings is 1. The zero-order valence-corrected chi connectivity index (χ0v) is 13.9. The summed E-state index contributed by atoms with van der Waals surface area (Å²) in [6.45, 7) is 14.3. The summed E-state index contributed by atoms with van der Waals surface area (Å²) >= 11 is 0. The molecule has 5 nitrogen and oxygen atoms in total. The van der Waals surface area contributed by atoms with Crippen molar-refractivity contribution in [2.45, 2.75) is 39.7 Å². The van der Waals surface area contributed by atoms with Gasteiger partial charge >= 0.3 is 0 Å². The Bertz CT molecular complexity index is 194. The van der Waals surface area contributed by atoms with E-state index >= 15 is 0 Å². The molecule has 0 saturated carbocycles. The van der Waals surface area contributed by atoms with Gasteiger partial charge in [0.05, 0.1) is 0 Å². The SMILES string of the molecule is CC(C)C.NCCN(CCN)CCN1CCC(N)CC1. The van der Waals surface area contributed by atoms with Gasteiger partial charge in [0.15, 0.2) is 0 Å². The lowest BCUT2D eigenvalue weighted by Crippen LogP contribution is -2.44. The minimum atomic E-state index is 0.417. The van der Waals surface area contributed by atoms with Gasteiger partial charge in [0.1, 0.15) is 0 Å². The van der Waals surface area contributed by atoms with Crippen molar-refractivity contribution in [2.24, 2.45) is 23.1 Å². The molecule has 0 aromatic rings. The summed E-state index contributed by atoms with van der Waals surface area (Å²) in [5.74, 6) is 0.833. The molecule has 0 unspecified atom stereocenters. The fourth-order valence-corrected chi connectivity index (χ4v) is 2.16. The van der Waals surface area contributed by atoms with Crippen molar-refractivity contribution in [3.8, 4) is 0 Å². The van der Waals surface area contributed by atoms with Gasteiger partial charge in [0.2, 0.25) is 0 Å². The van der Waals surface area contributed by atoms with Gasteiger partial charge in [0.25, 0.3) is 0 Å². The maximum atomic E-state index is 5.88. The second-order valence-electron chi connectivity index (χ2n) is 6.33. The molecule has 20 heavy (non-hydrogen) atoms. The van der Waals surface area contributed by atoms with Crippen molar-refractivity contribution in [1.82, 2.24) is 9.80 Å². The highest BCUT2D eigenvalue weighted by atomic mass is 15.2. The number of hydrogen-bond acceptors (Lipinski definition) is 5. The summed E-state index contributed by atoms with van der Waals surface area (Å²) in [5, 5.41) is 0. The van der Waals surface area contributed by atoms with Crippen LogP contribution >= 0.6 is 0 Å². The zero-order chi connectivity index (χ0) is 15.4. The van der Waals surface area contributed by atoms with Crippen LogP contribution in [0.3, 0.4) is 0 Å². The first kappa shape index (κ1) is 19.8. The molecule has 0 aromatic heterocycles. The second kappa shape index (κ2) is 12.5. The number of nitrogens with zero attached hydrogens (tertiary/aromatic N) is 2. The predicted octanol–water partition coefficient (Wildman–Crippen LogP) is 0.291. The van der Waals surface area contributed by atoms with E-state index in [1.165, 1.54) is 0 Å². The zero-order valence-electron chi connectivity index (χ0n) is 13.9. The van der Waals surface area contributed by atoms with Gasteiger partial charge < -0.3 is 22.1 Å². The molecule has 6 N–H and O–H groups in total. The third-order valence-electron chi connectivity index (χ3n) is 3.26. The first-order chi connectivity index (χ1) is 9.49. The Morgan fingerprint density at radius 2 is 1.45 bits per heavy atom. The molecule has 0 atom stereocenters. The van der Waals surface area contributed by atoms with Crippen molar-refractivity contribution in [2.75, 3.05) is 52.4 Å². The van der Waals surface area contributed by atoms with E-state index < -0.39 is 0 Å². The van der Waals surface area contributed by atoms with Gasteiger partial charge in [-0.05, 0) is 31.8 Å². The number of hydrogen-bond donors (Lipinski definition) is 3. The lowest BCUT2D eigenvalue weighted by atomic mass is 10.1. The molecule has 0 amide bonds. The van der Waals surface area contributed by atoms with E-state index in [1.54, 1.807) is 0 Å². The van der Waals surface area contributed by atoms with Gasteiger partial charge in [-0.25, -0.2) is 0 Å². The second-order valence-corrected chi connectivity index (χ2v) is 6.33. The van der Waals surface area contributed by atoms with Gasteiger partial charge in [-0.2, -0.15) is 0 Å². The van der Waals surface area contributed by atoms with E-state index in [9.17, 15) is 0 Å². The highest BCUT2D eigenvalue weighted by Gasteiger charge is 2.16. The lowest BCUT2D eigenvalue weighted by Gasteiger charge is -2.32. The molecule has 1 heterocycles. The maximum absolute atomic E-state index is 5.88. The van der Waals surface area contributed by atoms with Gasteiger partial charge in [-0.15, -0.1) is 0 Å². The molecule has 0 aromatic carbocycles. The van der Waals surface area contributed by atoms with Crippen LogP contribution in [0.1, 0.15) is 33.6 Å². The molecule has 0 bridgehead atoms. The topological polar surface area (TPSA) is 84.5 Å². The Morgan fingerprint density at radius 3 is 1.85 bits per heavy atom. The summed E-state index contributed by atoms with van der Waals surface area (Å²) < 4.78 is 0. The van der Waals surface area contributed by atoms with E-state index in [1.807, 2.05) is 0 Å². The summed E-state index contributed by atoms with van der Waals surface area (Å²) in [4.78, 5) is 4.83. The minimum absolute atomic E-state index is 0.417. The summed E-state index contributed by atoms with van der Waals surface area (Å²) in [6, 6.07) is 0.417. The van der Waals surface area contributed by atoms with Crippen LogP contribution in [-0.2, 0) is 0 Å². The Hall–Kier alpha value is -0.200. The Morgan fingerprint density at radius 1 is 1.00 bits per heavy atom. The molecule has 5 heteroatoms. The number of likely N-dealkylation sites (tertiary alicyclic amines) is 1. The fourth-order valence-electron chi connectivity index (χ4n) is 2.16.